The Morgan fingerprint density at radius 2 is 2.46 bits per heavy atom. The average molecular weight is 186 g/mol. The minimum absolute atomic E-state index is 0.118. The Hall–Kier alpha value is -0.610. The summed E-state index contributed by atoms with van der Waals surface area (Å²) < 4.78 is 0. The molecule has 1 aliphatic rings. The molecule has 4 nitrogen and oxygen atoms in total. The first-order valence-electron chi connectivity index (χ1n) is 4.79. The number of rotatable bonds is 4. The Morgan fingerprint density at radius 1 is 1.77 bits per heavy atom. The number of amides is 1. The van der Waals surface area contributed by atoms with Gasteiger partial charge in [-0.15, -0.1) is 0 Å². The maximum Gasteiger partial charge on any atom is 0.221 e. The summed E-state index contributed by atoms with van der Waals surface area (Å²) in [4.78, 5) is 13.0. The number of carbonyl (C=O) groups is 1. The van der Waals surface area contributed by atoms with Crippen LogP contribution in [0, 0.1) is 5.92 Å². The minimum atomic E-state index is -0.261. The number of likely N-dealkylation sites (tertiary alicyclic amines) is 1. The zero-order valence-electron chi connectivity index (χ0n) is 8.07. The van der Waals surface area contributed by atoms with Gasteiger partial charge in [-0.1, -0.05) is 6.92 Å². The van der Waals surface area contributed by atoms with Gasteiger partial charge < -0.3 is 10.8 Å². The SMILES string of the molecule is CC(CN1CCC[C@@H]1CO)C(N)=O. The molecule has 0 saturated carbocycles. The highest BCUT2D eigenvalue weighted by Gasteiger charge is 2.25. The number of aliphatic hydroxyl groups excluding tert-OH is 1. The van der Waals surface area contributed by atoms with E-state index in [1.807, 2.05) is 6.92 Å². The molecule has 1 saturated heterocycles. The fourth-order valence-electron chi connectivity index (χ4n) is 1.78. The monoisotopic (exact) mass is 186 g/mol. The lowest BCUT2D eigenvalue weighted by atomic mass is 10.1. The largest absolute Gasteiger partial charge is 0.395 e. The van der Waals surface area contributed by atoms with E-state index in [9.17, 15) is 4.79 Å². The fraction of sp³-hybridized carbons (Fsp3) is 0.889. The van der Waals surface area contributed by atoms with E-state index < -0.39 is 0 Å². The first-order chi connectivity index (χ1) is 6.15. The normalized spacial score (nSPS) is 26.2. The number of nitrogens with two attached hydrogens (primary N) is 1. The van der Waals surface area contributed by atoms with Crippen LogP contribution in [-0.2, 0) is 4.79 Å². The second-order valence-corrected chi connectivity index (χ2v) is 3.78. The van der Waals surface area contributed by atoms with Crippen LogP contribution >= 0.6 is 0 Å². The highest BCUT2D eigenvalue weighted by Crippen LogP contribution is 2.17. The third-order valence-electron chi connectivity index (χ3n) is 2.70. The number of aliphatic hydroxyl groups is 1. The zero-order chi connectivity index (χ0) is 9.84. The predicted octanol–water partition coefficient (Wildman–Crippen LogP) is -0.435. The van der Waals surface area contributed by atoms with Gasteiger partial charge in [-0.25, -0.2) is 0 Å². The Morgan fingerprint density at radius 3 is 3.00 bits per heavy atom. The quantitative estimate of drug-likeness (QED) is 0.625. The Bertz CT molecular complexity index is 184. The molecule has 0 spiro atoms. The average Bonchev–Trinajstić information content (AvgIpc) is 2.51. The van der Waals surface area contributed by atoms with Gasteiger partial charge in [-0.3, -0.25) is 9.69 Å². The summed E-state index contributed by atoms with van der Waals surface area (Å²) >= 11 is 0. The van der Waals surface area contributed by atoms with Crippen molar-refractivity contribution in [3.8, 4) is 0 Å². The standard InChI is InChI=1S/C9H18N2O2/c1-7(9(10)13)5-11-4-2-3-8(11)6-12/h7-8,12H,2-6H2,1H3,(H2,10,13)/t7?,8-/m1/s1. The van der Waals surface area contributed by atoms with Gasteiger partial charge in [0, 0.05) is 18.5 Å². The van der Waals surface area contributed by atoms with E-state index in [1.54, 1.807) is 0 Å². The maximum atomic E-state index is 10.8. The molecule has 0 aliphatic carbocycles. The molecule has 3 N–H and O–H groups in total. The molecular weight excluding hydrogens is 168 g/mol. The summed E-state index contributed by atoms with van der Waals surface area (Å²) in [5.74, 6) is -0.379. The molecule has 1 aliphatic heterocycles. The molecule has 1 amide bonds. The van der Waals surface area contributed by atoms with Gasteiger partial charge in [0.15, 0.2) is 0 Å². The first-order valence-corrected chi connectivity index (χ1v) is 4.79. The van der Waals surface area contributed by atoms with Gasteiger partial charge in [0.25, 0.3) is 0 Å². The van der Waals surface area contributed by atoms with E-state index in [4.69, 9.17) is 10.8 Å². The van der Waals surface area contributed by atoms with Crippen LogP contribution in [0.25, 0.3) is 0 Å². The second kappa shape index (κ2) is 4.58. The van der Waals surface area contributed by atoms with Gasteiger partial charge in [0.1, 0.15) is 0 Å². The van der Waals surface area contributed by atoms with Gasteiger partial charge in [0.05, 0.1) is 6.61 Å². The van der Waals surface area contributed by atoms with E-state index >= 15 is 0 Å². The second-order valence-electron chi connectivity index (χ2n) is 3.78. The van der Waals surface area contributed by atoms with E-state index in [0.717, 1.165) is 19.4 Å². The van der Waals surface area contributed by atoms with E-state index in [0.29, 0.717) is 6.54 Å². The summed E-state index contributed by atoms with van der Waals surface area (Å²) in [6.07, 6.45) is 2.14. The molecule has 0 aromatic rings. The van der Waals surface area contributed by atoms with Crippen LogP contribution in [0.1, 0.15) is 19.8 Å². The molecule has 1 unspecified atom stereocenters. The zero-order valence-corrected chi connectivity index (χ0v) is 8.07. The van der Waals surface area contributed by atoms with Crippen LogP contribution in [-0.4, -0.2) is 41.7 Å². The molecule has 0 aromatic carbocycles. The van der Waals surface area contributed by atoms with Crippen molar-refractivity contribution in [2.75, 3.05) is 19.7 Å². The molecule has 0 radical (unpaired) electrons. The van der Waals surface area contributed by atoms with Crippen molar-refractivity contribution in [2.24, 2.45) is 11.7 Å². The maximum absolute atomic E-state index is 10.8. The fourth-order valence-corrected chi connectivity index (χ4v) is 1.78. The highest BCUT2D eigenvalue weighted by molar-refractivity contribution is 5.76. The van der Waals surface area contributed by atoms with Crippen molar-refractivity contribution < 1.29 is 9.90 Å². The molecular formula is C9H18N2O2. The van der Waals surface area contributed by atoms with Crippen molar-refractivity contribution >= 4 is 5.91 Å². The topological polar surface area (TPSA) is 66.6 Å². The summed E-state index contributed by atoms with van der Waals surface area (Å²) in [6, 6.07) is 0.238. The number of nitrogens with zero attached hydrogens (tertiary/aromatic N) is 1. The van der Waals surface area contributed by atoms with E-state index in [-0.39, 0.29) is 24.5 Å². The molecule has 13 heavy (non-hydrogen) atoms. The number of hydrogen-bond donors (Lipinski definition) is 2. The molecule has 0 aromatic heterocycles. The van der Waals surface area contributed by atoms with Crippen molar-refractivity contribution in [1.29, 1.82) is 0 Å². The van der Waals surface area contributed by atoms with Gasteiger partial charge in [-0.05, 0) is 19.4 Å². The Labute approximate surface area is 78.7 Å². The van der Waals surface area contributed by atoms with Crippen molar-refractivity contribution in [2.45, 2.75) is 25.8 Å². The Balaban J connectivity index is 2.39. The molecule has 0 bridgehead atoms. The molecule has 76 valence electrons. The summed E-state index contributed by atoms with van der Waals surface area (Å²) in [6.45, 7) is 3.67. The van der Waals surface area contributed by atoms with E-state index in [1.165, 1.54) is 0 Å². The van der Waals surface area contributed by atoms with Crippen LogP contribution < -0.4 is 5.73 Å². The number of hydrogen-bond acceptors (Lipinski definition) is 3. The van der Waals surface area contributed by atoms with Crippen LogP contribution in [0.4, 0.5) is 0 Å². The summed E-state index contributed by atoms with van der Waals surface area (Å²) in [5.41, 5.74) is 5.17. The summed E-state index contributed by atoms with van der Waals surface area (Å²) in [5, 5.41) is 9.03. The molecule has 4 heteroatoms. The minimum Gasteiger partial charge on any atom is -0.395 e. The van der Waals surface area contributed by atoms with Crippen LogP contribution in [0.3, 0.4) is 0 Å². The number of carbonyl (C=O) groups excluding carboxylic acids is 1. The van der Waals surface area contributed by atoms with Gasteiger partial charge in [-0.2, -0.15) is 0 Å². The number of primary amides is 1. The van der Waals surface area contributed by atoms with Crippen LogP contribution in [0.2, 0.25) is 0 Å². The Kier molecular flexibility index (Phi) is 3.69. The molecule has 1 heterocycles. The lowest BCUT2D eigenvalue weighted by Crippen LogP contribution is -2.39. The lowest BCUT2D eigenvalue weighted by Gasteiger charge is -2.24. The van der Waals surface area contributed by atoms with Crippen molar-refractivity contribution in [1.82, 2.24) is 4.90 Å². The smallest absolute Gasteiger partial charge is 0.221 e. The molecule has 1 rings (SSSR count). The van der Waals surface area contributed by atoms with Crippen LogP contribution in [0.5, 0.6) is 0 Å². The third kappa shape index (κ3) is 2.67. The predicted molar refractivity (Wildman–Crippen MR) is 50.0 cm³/mol. The highest BCUT2D eigenvalue weighted by atomic mass is 16.3. The van der Waals surface area contributed by atoms with Gasteiger partial charge in [0.2, 0.25) is 5.91 Å². The summed E-state index contributed by atoms with van der Waals surface area (Å²) in [7, 11) is 0. The van der Waals surface area contributed by atoms with Gasteiger partial charge >= 0.3 is 0 Å². The van der Waals surface area contributed by atoms with Crippen LogP contribution in [0.15, 0.2) is 0 Å². The third-order valence-corrected chi connectivity index (χ3v) is 2.70. The molecule has 2 atom stereocenters. The molecule has 1 fully saturated rings. The lowest BCUT2D eigenvalue weighted by molar-refractivity contribution is -0.122. The van der Waals surface area contributed by atoms with Crippen molar-refractivity contribution in [3.63, 3.8) is 0 Å². The van der Waals surface area contributed by atoms with Crippen molar-refractivity contribution in [3.05, 3.63) is 0 Å². The van der Waals surface area contributed by atoms with E-state index in [2.05, 4.69) is 4.90 Å². The first kappa shape index (κ1) is 10.5.